The maximum absolute atomic E-state index is 5.58. The van der Waals surface area contributed by atoms with Gasteiger partial charge in [-0.3, -0.25) is 0 Å². The Bertz CT molecular complexity index is 1320. The molecule has 0 aliphatic rings. The molecule has 0 bridgehead atoms. The fraction of sp³-hybridized carbons (Fsp3) is 0.447. The van der Waals surface area contributed by atoms with Gasteiger partial charge >= 0.3 is 25.8 Å². The van der Waals surface area contributed by atoms with Gasteiger partial charge in [0.2, 0.25) is 0 Å². The Morgan fingerprint density at radius 2 is 1.11 bits per heavy atom. The normalized spacial score (nSPS) is 10.8. The summed E-state index contributed by atoms with van der Waals surface area (Å²) in [5, 5.41) is 16.1. The molecule has 4 rings (SSSR count). The molecule has 0 spiro atoms. The van der Waals surface area contributed by atoms with Crippen LogP contribution in [-0.2, 0) is 32.9 Å². The van der Waals surface area contributed by atoms with Crippen molar-refractivity contribution in [2.75, 3.05) is 42.3 Å². The molecule has 4 aromatic rings. The maximum atomic E-state index is 5.58. The van der Waals surface area contributed by atoms with Gasteiger partial charge in [-0.05, 0) is 55.3 Å². The predicted molar refractivity (Wildman–Crippen MR) is 194 cm³/mol. The monoisotopic (exact) mass is 776 g/mol. The molecule has 45 heavy (non-hydrogen) atoms. The van der Waals surface area contributed by atoms with Crippen LogP contribution < -0.4 is 0 Å². The van der Waals surface area contributed by atoms with E-state index >= 15 is 0 Å². The summed E-state index contributed by atoms with van der Waals surface area (Å²) >= 11 is 0. The molecule has 7 heteroatoms. The van der Waals surface area contributed by atoms with Crippen LogP contribution in [0.2, 0.25) is 0 Å². The van der Waals surface area contributed by atoms with Crippen LogP contribution in [0.15, 0.2) is 66.9 Å². The van der Waals surface area contributed by atoms with E-state index in [9.17, 15) is 0 Å². The van der Waals surface area contributed by atoms with E-state index in [1.54, 1.807) is 42.3 Å². The Balaban J connectivity index is 0.00000173. The number of hydrogen-bond acceptors (Lipinski definition) is 1. The van der Waals surface area contributed by atoms with Gasteiger partial charge in [-0.15, -0.1) is 5.69 Å². The predicted octanol–water partition coefficient (Wildman–Crippen LogP) is 10.9. The Kier molecular flexibility index (Phi) is 20.8. The Morgan fingerprint density at radius 3 is 1.53 bits per heavy atom. The summed E-state index contributed by atoms with van der Waals surface area (Å²) in [4.78, 5) is 5.18. The molecule has 6 nitrogen and oxygen atoms in total. The number of rotatable bonds is 7. The molecule has 1 unspecified atom stereocenters. The summed E-state index contributed by atoms with van der Waals surface area (Å²) in [6.07, 6.45) is 2.13. The number of aryl methyl sites for hydroxylation is 4. The van der Waals surface area contributed by atoms with Crippen LogP contribution in [0.4, 0.5) is 5.69 Å². The van der Waals surface area contributed by atoms with Crippen molar-refractivity contribution in [1.29, 1.82) is 0 Å². The van der Waals surface area contributed by atoms with Gasteiger partial charge in [0.25, 0.3) is 0 Å². The first-order valence-corrected chi connectivity index (χ1v) is 15.4. The molecule has 0 aliphatic carbocycles. The minimum absolute atomic E-state index is 0. The Labute approximate surface area is 294 Å². The molecule has 1 aromatic heterocycles. The molecule has 1 heterocycles. The average Bonchev–Trinajstić information content (AvgIpc) is 3.35. The molecule has 0 fully saturated rings. The van der Waals surface area contributed by atoms with E-state index < -0.39 is 0 Å². The zero-order chi connectivity index (χ0) is 33.4. The first-order chi connectivity index (χ1) is 20.9. The third-order valence-electron chi connectivity index (χ3n) is 6.84. The summed E-state index contributed by atoms with van der Waals surface area (Å²) in [5.74, 6) is 1.73. The molecule has 0 aliphatic heterocycles. The first-order valence-electron chi connectivity index (χ1n) is 15.4. The van der Waals surface area contributed by atoms with Crippen LogP contribution in [0, 0.1) is 20.8 Å². The quantitative estimate of drug-likeness (QED) is 0.172. The summed E-state index contributed by atoms with van der Waals surface area (Å²) in [7, 11) is 12.6. The summed E-state index contributed by atoms with van der Waals surface area (Å²) in [6, 6.07) is 21.4. The standard InChI is InChI=1S/C32H38N3.3C2H6N.Hf/c1-20(2)26-15-12-16-27(21(3)4)30(26)34-31(29-23(6)17-22(5)18-24(29)7)32-33-28(19-35(32)8)25-13-10-9-11-14-25;3*1-3-2;/h9-21,31H,1-8H3;3*1-2H3;/q4*-1;+4. The van der Waals surface area contributed by atoms with E-state index in [1.807, 2.05) is 6.07 Å². The zero-order valence-electron chi connectivity index (χ0n) is 30.3. The van der Waals surface area contributed by atoms with Crippen molar-refractivity contribution in [3.63, 3.8) is 0 Å². The summed E-state index contributed by atoms with van der Waals surface area (Å²) < 4.78 is 2.16. The first kappa shape index (κ1) is 42.4. The SMILES string of the molecule is C[N-]C.C[N-]C.C[N-]C.Cc1cc(C)c(C([N-]c2c(C(C)C)cccc2C(C)C)c2nc(-c3ccccc3)cn2C)c(C)c1.[Hf+4]. The van der Waals surface area contributed by atoms with Gasteiger partial charge in [0.1, 0.15) is 0 Å². The number of hydrogen-bond donors (Lipinski definition) is 0. The Morgan fingerprint density at radius 1 is 0.667 bits per heavy atom. The fourth-order valence-corrected chi connectivity index (χ4v) is 5.15. The number of aromatic nitrogens is 2. The van der Waals surface area contributed by atoms with E-state index in [4.69, 9.17) is 10.3 Å². The van der Waals surface area contributed by atoms with Gasteiger partial charge in [0.15, 0.2) is 0 Å². The van der Waals surface area contributed by atoms with Crippen LogP contribution in [0.1, 0.15) is 84.8 Å². The third-order valence-corrected chi connectivity index (χ3v) is 6.84. The molecular formula is C38H56HfN6. The van der Waals surface area contributed by atoms with Crippen molar-refractivity contribution >= 4 is 5.69 Å². The minimum Gasteiger partial charge on any atom is -0.671 e. The van der Waals surface area contributed by atoms with Crippen LogP contribution in [0.25, 0.3) is 32.5 Å². The number of imidazole rings is 1. The van der Waals surface area contributed by atoms with E-state index in [-0.39, 0.29) is 31.9 Å². The second-order valence-corrected chi connectivity index (χ2v) is 11.7. The van der Waals surface area contributed by atoms with Crippen molar-refractivity contribution in [3.05, 3.63) is 127 Å². The van der Waals surface area contributed by atoms with Gasteiger partial charge in [-0.2, -0.15) is 42.3 Å². The molecule has 0 saturated heterocycles. The number of para-hydroxylation sites is 1. The second kappa shape index (κ2) is 22.0. The molecule has 0 saturated carbocycles. The average molecular weight is 775 g/mol. The molecule has 1 atom stereocenters. The fourth-order valence-electron chi connectivity index (χ4n) is 5.15. The smallest absolute Gasteiger partial charge is 0.671 e. The van der Waals surface area contributed by atoms with Crippen LogP contribution in [-0.4, -0.2) is 51.8 Å². The Hall–Kier alpha value is -2.58. The van der Waals surface area contributed by atoms with E-state index in [1.165, 1.54) is 33.4 Å². The largest absolute Gasteiger partial charge is 4.00 e. The maximum Gasteiger partial charge on any atom is 4.00 e. The van der Waals surface area contributed by atoms with Crippen LogP contribution >= 0.6 is 0 Å². The van der Waals surface area contributed by atoms with Gasteiger partial charge in [0, 0.05) is 18.8 Å². The van der Waals surface area contributed by atoms with E-state index in [0.29, 0.717) is 11.8 Å². The minimum atomic E-state index is -0.199. The van der Waals surface area contributed by atoms with Gasteiger partial charge < -0.3 is 25.8 Å². The van der Waals surface area contributed by atoms with Gasteiger partial charge in [-0.1, -0.05) is 105 Å². The van der Waals surface area contributed by atoms with Crippen LogP contribution in [0.3, 0.4) is 0 Å². The molecule has 0 N–H and O–H groups in total. The van der Waals surface area contributed by atoms with Crippen molar-refractivity contribution in [1.82, 2.24) is 9.55 Å². The van der Waals surface area contributed by atoms with E-state index in [2.05, 4.69) is 137 Å². The van der Waals surface area contributed by atoms with Crippen molar-refractivity contribution in [2.45, 2.75) is 66.3 Å². The van der Waals surface area contributed by atoms with Crippen LogP contribution in [0.5, 0.6) is 0 Å². The topological polar surface area (TPSA) is 74.2 Å². The molecule has 3 aromatic carbocycles. The van der Waals surface area contributed by atoms with Gasteiger partial charge in [0.05, 0.1) is 11.5 Å². The van der Waals surface area contributed by atoms with Crippen molar-refractivity contribution < 1.29 is 25.8 Å². The molecule has 0 radical (unpaired) electrons. The van der Waals surface area contributed by atoms with Crippen molar-refractivity contribution in [2.24, 2.45) is 7.05 Å². The molecule has 242 valence electrons. The molecule has 0 amide bonds. The summed E-state index contributed by atoms with van der Waals surface area (Å²) in [6.45, 7) is 15.6. The van der Waals surface area contributed by atoms with Gasteiger partial charge in [-0.25, -0.2) is 4.98 Å². The number of nitrogens with zero attached hydrogens (tertiary/aromatic N) is 6. The zero-order valence-corrected chi connectivity index (χ0v) is 33.9. The second-order valence-electron chi connectivity index (χ2n) is 11.7. The third kappa shape index (κ3) is 12.6. The molecular weight excluding hydrogens is 719 g/mol. The van der Waals surface area contributed by atoms with E-state index in [0.717, 1.165) is 22.8 Å². The number of benzene rings is 3. The van der Waals surface area contributed by atoms with Crippen molar-refractivity contribution in [3.8, 4) is 11.3 Å². The summed E-state index contributed by atoms with van der Waals surface area (Å²) in [5.41, 5.74) is 10.8.